The zero-order chi connectivity index (χ0) is 9.97. The lowest BCUT2D eigenvalue weighted by atomic mass is 10.1. The van der Waals surface area contributed by atoms with Crippen molar-refractivity contribution < 1.29 is 9.53 Å². The highest BCUT2D eigenvalue weighted by atomic mass is 16.5. The molecule has 1 unspecified atom stereocenters. The third-order valence-electron chi connectivity index (χ3n) is 2.15. The number of ketones is 1. The summed E-state index contributed by atoms with van der Waals surface area (Å²) in [6.07, 6.45) is 4.84. The molecule has 3 nitrogen and oxygen atoms in total. The molecule has 3 heteroatoms. The van der Waals surface area contributed by atoms with Gasteiger partial charge >= 0.3 is 0 Å². The molecule has 1 aromatic heterocycles. The SMILES string of the molecule is Cc1ccc(C2CC(=O)C=CO2)nc1. The standard InChI is InChI=1S/C11H11NO2/c1-8-2-3-10(12-7-8)11-6-9(13)4-5-14-11/h2-5,7,11H,6H2,1H3. The van der Waals surface area contributed by atoms with Crippen LogP contribution in [0.25, 0.3) is 0 Å². The van der Waals surface area contributed by atoms with Gasteiger partial charge in [0.1, 0.15) is 6.10 Å². The number of hydrogen-bond acceptors (Lipinski definition) is 3. The summed E-state index contributed by atoms with van der Waals surface area (Å²) >= 11 is 0. The van der Waals surface area contributed by atoms with E-state index in [1.807, 2.05) is 19.1 Å². The van der Waals surface area contributed by atoms with Crippen LogP contribution in [0.5, 0.6) is 0 Å². The number of aromatic nitrogens is 1. The van der Waals surface area contributed by atoms with Gasteiger partial charge in [-0.05, 0) is 18.6 Å². The average Bonchev–Trinajstić information content (AvgIpc) is 2.19. The molecule has 0 amide bonds. The Kier molecular flexibility index (Phi) is 2.31. The first-order valence-corrected chi connectivity index (χ1v) is 4.53. The van der Waals surface area contributed by atoms with Crippen LogP contribution in [-0.2, 0) is 9.53 Å². The Hall–Kier alpha value is -1.64. The highest BCUT2D eigenvalue weighted by Crippen LogP contribution is 2.23. The topological polar surface area (TPSA) is 39.2 Å². The van der Waals surface area contributed by atoms with E-state index in [0.717, 1.165) is 11.3 Å². The van der Waals surface area contributed by atoms with Crippen LogP contribution in [0.3, 0.4) is 0 Å². The molecule has 0 aliphatic carbocycles. The van der Waals surface area contributed by atoms with Gasteiger partial charge in [0.25, 0.3) is 0 Å². The van der Waals surface area contributed by atoms with Crippen LogP contribution < -0.4 is 0 Å². The van der Waals surface area contributed by atoms with Gasteiger partial charge in [-0.2, -0.15) is 0 Å². The molecule has 1 aromatic rings. The van der Waals surface area contributed by atoms with Crippen LogP contribution in [0.15, 0.2) is 30.7 Å². The fraction of sp³-hybridized carbons (Fsp3) is 0.273. The second kappa shape index (κ2) is 3.62. The molecule has 1 aliphatic rings. The van der Waals surface area contributed by atoms with Crippen molar-refractivity contribution in [2.24, 2.45) is 0 Å². The van der Waals surface area contributed by atoms with Crippen LogP contribution in [-0.4, -0.2) is 10.8 Å². The second-order valence-electron chi connectivity index (χ2n) is 3.36. The van der Waals surface area contributed by atoms with Crippen molar-refractivity contribution in [1.29, 1.82) is 0 Å². The number of ether oxygens (including phenoxy) is 1. The summed E-state index contributed by atoms with van der Waals surface area (Å²) in [4.78, 5) is 15.3. The third-order valence-corrected chi connectivity index (χ3v) is 2.15. The average molecular weight is 189 g/mol. The number of carbonyl (C=O) groups excluding carboxylic acids is 1. The van der Waals surface area contributed by atoms with E-state index >= 15 is 0 Å². The van der Waals surface area contributed by atoms with Gasteiger partial charge in [0, 0.05) is 12.3 Å². The number of carbonyl (C=O) groups is 1. The molecule has 2 heterocycles. The predicted molar refractivity (Wildman–Crippen MR) is 51.6 cm³/mol. The summed E-state index contributed by atoms with van der Waals surface area (Å²) in [5.41, 5.74) is 1.92. The summed E-state index contributed by atoms with van der Waals surface area (Å²) in [5, 5.41) is 0. The highest BCUT2D eigenvalue weighted by Gasteiger charge is 2.19. The van der Waals surface area contributed by atoms with Crippen LogP contribution >= 0.6 is 0 Å². The van der Waals surface area contributed by atoms with Crippen molar-refractivity contribution in [2.45, 2.75) is 19.4 Å². The molecule has 0 saturated carbocycles. The predicted octanol–water partition coefficient (Wildman–Crippen LogP) is 1.93. The zero-order valence-corrected chi connectivity index (χ0v) is 7.93. The van der Waals surface area contributed by atoms with Gasteiger partial charge in [0.05, 0.1) is 18.4 Å². The Bertz CT molecular complexity index is 367. The Morgan fingerprint density at radius 1 is 1.50 bits per heavy atom. The van der Waals surface area contributed by atoms with E-state index in [-0.39, 0.29) is 11.9 Å². The van der Waals surface area contributed by atoms with Crippen molar-refractivity contribution in [3.8, 4) is 0 Å². The van der Waals surface area contributed by atoms with Gasteiger partial charge in [0.15, 0.2) is 5.78 Å². The van der Waals surface area contributed by atoms with Crippen molar-refractivity contribution >= 4 is 5.78 Å². The normalized spacial score (nSPS) is 20.6. The number of allylic oxidation sites excluding steroid dienone is 1. The summed E-state index contributed by atoms with van der Waals surface area (Å²) in [6.45, 7) is 1.98. The smallest absolute Gasteiger partial charge is 0.162 e. The van der Waals surface area contributed by atoms with Crippen molar-refractivity contribution in [2.75, 3.05) is 0 Å². The van der Waals surface area contributed by atoms with E-state index in [0.29, 0.717) is 6.42 Å². The van der Waals surface area contributed by atoms with E-state index in [1.165, 1.54) is 12.3 Å². The van der Waals surface area contributed by atoms with Gasteiger partial charge in [-0.1, -0.05) is 6.07 Å². The number of hydrogen-bond donors (Lipinski definition) is 0. The third kappa shape index (κ3) is 1.82. The zero-order valence-electron chi connectivity index (χ0n) is 7.93. The van der Waals surface area contributed by atoms with Crippen molar-refractivity contribution in [3.05, 3.63) is 41.9 Å². The molecule has 1 atom stereocenters. The molecule has 0 radical (unpaired) electrons. The minimum atomic E-state index is -0.215. The van der Waals surface area contributed by atoms with Gasteiger partial charge in [-0.3, -0.25) is 9.78 Å². The molecular formula is C11H11NO2. The first-order valence-electron chi connectivity index (χ1n) is 4.53. The molecule has 0 spiro atoms. The molecule has 72 valence electrons. The Morgan fingerprint density at radius 3 is 3.00 bits per heavy atom. The first kappa shape index (κ1) is 8.94. The number of nitrogens with zero attached hydrogens (tertiary/aromatic N) is 1. The molecule has 0 N–H and O–H groups in total. The molecule has 14 heavy (non-hydrogen) atoms. The quantitative estimate of drug-likeness (QED) is 0.677. The van der Waals surface area contributed by atoms with Crippen LogP contribution in [0.2, 0.25) is 0 Å². The minimum Gasteiger partial charge on any atom is -0.491 e. The maximum absolute atomic E-state index is 11.1. The number of rotatable bonds is 1. The van der Waals surface area contributed by atoms with Crippen LogP contribution in [0.1, 0.15) is 23.8 Å². The molecule has 2 rings (SSSR count). The van der Waals surface area contributed by atoms with E-state index in [4.69, 9.17) is 4.74 Å². The Morgan fingerprint density at radius 2 is 2.36 bits per heavy atom. The lowest BCUT2D eigenvalue weighted by Gasteiger charge is -2.17. The largest absolute Gasteiger partial charge is 0.491 e. The van der Waals surface area contributed by atoms with E-state index < -0.39 is 0 Å². The molecule has 0 saturated heterocycles. The van der Waals surface area contributed by atoms with Crippen LogP contribution in [0.4, 0.5) is 0 Å². The number of aryl methyl sites for hydroxylation is 1. The van der Waals surface area contributed by atoms with Crippen molar-refractivity contribution in [1.82, 2.24) is 4.98 Å². The maximum atomic E-state index is 11.1. The van der Waals surface area contributed by atoms with Gasteiger partial charge in [-0.15, -0.1) is 0 Å². The van der Waals surface area contributed by atoms with Crippen molar-refractivity contribution in [3.63, 3.8) is 0 Å². The first-order chi connectivity index (χ1) is 6.75. The second-order valence-corrected chi connectivity index (χ2v) is 3.36. The van der Waals surface area contributed by atoms with E-state index in [1.54, 1.807) is 6.20 Å². The van der Waals surface area contributed by atoms with E-state index in [9.17, 15) is 4.79 Å². The number of pyridine rings is 1. The summed E-state index contributed by atoms with van der Waals surface area (Å²) in [5.74, 6) is 0.0867. The molecule has 0 bridgehead atoms. The minimum absolute atomic E-state index is 0.0867. The molecule has 1 aliphatic heterocycles. The lowest BCUT2D eigenvalue weighted by Crippen LogP contribution is -2.12. The Balaban J connectivity index is 2.19. The molecular weight excluding hydrogens is 178 g/mol. The van der Waals surface area contributed by atoms with Gasteiger partial charge in [0.2, 0.25) is 0 Å². The van der Waals surface area contributed by atoms with Gasteiger partial charge < -0.3 is 4.74 Å². The van der Waals surface area contributed by atoms with E-state index in [2.05, 4.69) is 4.98 Å². The summed E-state index contributed by atoms with van der Waals surface area (Å²) in [6, 6.07) is 3.86. The maximum Gasteiger partial charge on any atom is 0.162 e. The summed E-state index contributed by atoms with van der Waals surface area (Å²) < 4.78 is 5.31. The van der Waals surface area contributed by atoms with Crippen LogP contribution in [0, 0.1) is 6.92 Å². The monoisotopic (exact) mass is 189 g/mol. The summed E-state index contributed by atoms with van der Waals surface area (Å²) in [7, 11) is 0. The molecule has 0 aromatic carbocycles. The molecule has 0 fully saturated rings. The lowest BCUT2D eigenvalue weighted by molar-refractivity contribution is -0.118. The Labute approximate surface area is 82.4 Å². The fourth-order valence-electron chi connectivity index (χ4n) is 1.35. The van der Waals surface area contributed by atoms with Gasteiger partial charge in [-0.25, -0.2) is 0 Å². The fourth-order valence-corrected chi connectivity index (χ4v) is 1.35. The highest BCUT2D eigenvalue weighted by molar-refractivity contribution is 5.90.